The highest BCUT2D eigenvalue weighted by molar-refractivity contribution is 7.90. The molecule has 2 aromatic rings. The zero-order chi connectivity index (χ0) is 13.2. The predicted molar refractivity (Wildman–Crippen MR) is 74.1 cm³/mol. The van der Waals surface area contributed by atoms with Gasteiger partial charge in [0.2, 0.25) is 10.0 Å². The van der Waals surface area contributed by atoms with Crippen LogP contribution in [0.1, 0.15) is 5.56 Å². The molecule has 0 spiro atoms. The Balaban J connectivity index is 2.68. The van der Waals surface area contributed by atoms with Crippen LogP contribution in [0.2, 0.25) is 0 Å². The lowest BCUT2D eigenvalue weighted by Crippen LogP contribution is -2.14. The number of rotatable bonds is 5. The van der Waals surface area contributed by atoms with Gasteiger partial charge in [0, 0.05) is 18.1 Å². The van der Waals surface area contributed by atoms with Gasteiger partial charge in [-0.25, -0.2) is 12.4 Å². The molecule has 0 atom stereocenters. The molecule has 1 aromatic heterocycles. The first-order chi connectivity index (χ1) is 8.60. The first-order valence-electron chi connectivity index (χ1n) is 5.68. The maximum absolute atomic E-state index is 12.1. The molecule has 0 saturated carbocycles. The van der Waals surface area contributed by atoms with E-state index in [0.717, 1.165) is 10.9 Å². The summed E-state index contributed by atoms with van der Waals surface area (Å²) in [6.07, 6.45) is 3.09. The highest BCUT2D eigenvalue weighted by Crippen LogP contribution is 2.23. The minimum absolute atomic E-state index is 0.0648. The van der Waals surface area contributed by atoms with E-state index in [0.29, 0.717) is 12.1 Å². The summed E-state index contributed by atoms with van der Waals surface area (Å²) in [5.74, 6) is -0.0648. The third-order valence-electron chi connectivity index (χ3n) is 2.76. The molecule has 0 bridgehead atoms. The second-order valence-electron chi connectivity index (χ2n) is 4.06. The summed E-state index contributed by atoms with van der Waals surface area (Å²) in [6, 6.07) is 7.49. The second-order valence-corrected chi connectivity index (χ2v) is 5.96. The smallest absolute Gasteiger partial charge is 0.242 e. The molecule has 0 aliphatic rings. The maximum Gasteiger partial charge on any atom is 0.242 e. The van der Waals surface area contributed by atoms with Crippen LogP contribution in [0.15, 0.2) is 43.1 Å². The predicted octanol–water partition coefficient (Wildman–Crippen LogP) is 1.72. The average molecular weight is 264 g/mol. The lowest BCUT2D eigenvalue weighted by molar-refractivity contribution is 0.592. The molecule has 0 saturated heterocycles. The zero-order valence-electron chi connectivity index (χ0n) is 10.3. The Morgan fingerprint density at radius 3 is 2.78 bits per heavy atom. The van der Waals surface area contributed by atoms with Crippen molar-refractivity contribution < 1.29 is 8.42 Å². The van der Waals surface area contributed by atoms with Gasteiger partial charge in [-0.05, 0) is 18.7 Å². The molecular weight excluding hydrogens is 248 g/mol. The van der Waals surface area contributed by atoms with Gasteiger partial charge in [-0.15, -0.1) is 6.58 Å². The van der Waals surface area contributed by atoms with Crippen LogP contribution in [0.25, 0.3) is 10.9 Å². The summed E-state index contributed by atoms with van der Waals surface area (Å²) >= 11 is 0. The van der Waals surface area contributed by atoms with Gasteiger partial charge in [-0.1, -0.05) is 24.3 Å². The molecule has 1 N–H and O–H groups in total. The topological polar surface area (TPSA) is 51.1 Å². The zero-order valence-corrected chi connectivity index (χ0v) is 11.1. The van der Waals surface area contributed by atoms with Crippen molar-refractivity contribution >= 4 is 20.9 Å². The minimum atomic E-state index is -3.36. The van der Waals surface area contributed by atoms with Crippen LogP contribution >= 0.6 is 0 Å². The molecular formula is C13H16N2O2S. The summed E-state index contributed by atoms with van der Waals surface area (Å²) < 4.78 is 25.6. The average Bonchev–Trinajstić information content (AvgIpc) is 2.70. The van der Waals surface area contributed by atoms with E-state index in [1.807, 2.05) is 31.3 Å². The number of benzene rings is 1. The number of nitrogens with one attached hydrogen (secondary N) is 1. The van der Waals surface area contributed by atoms with E-state index in [1.165, 1.54) is 10.0 Å². The summed E-state index contributed by atoms with van der Waals surface area (Å²) in [7, 11) is -1.53. The first kappa shape index (κ1) is 12.9. The Labute approximate surface area is 107 Å². The lowest BCUT2D eigenvalue weighted by atomic mass is 10.2. The van der Waals surface area contributed by atoms with Gasteiger partial charge in [-0.3, -0.25) is 0 Å². The van der Waals surface area contributed by atoms with Crippen LogP contribution in [-0.2, 0) is 16.6 Å². The molecule has 0 fully saturated rings. The Morgan fingerprint density at radius 2 is 2.11 bits per heavy atom. The molecule has 18 heavy (non-hydrogen) atoms. The number of para-hydroxylation sites is 1. The Kier molecular flexibility index (Phi) is 3.54. The maximum atomic E-state index is 12.1. The molecule has 0 radical (unpaired) electrons. The largest absolute Gasteiger partial charge is 0.316 e. The van der Waals surface area contributed by atoms with Gasteiger partial charge in [0.1, 0.15) is 0 Å². The molecule has 1 aromatic carbocycles. The molecule has 4 nitrogen and oxygen atoms in total. The second kappa shape index (κ2) is 4.96. The minimum Gasteiger partial charge on any atom is -0.316 e. The summed E-state index contributed by atoms with van der Waals surface area (Å²) in [5, 5.41) is 4.00. The van der Waals surface area contributed by atoms with Crippen LogP contribution < -0.4 is 5.32 Å². The van der Waals surface area contributed by atoms with Crippen molar-refractivity contribution in [2.24, 2.45) is 0 Å². The molecule has 0 unspecified atom stereocenters. The summed E-state index contributed by atoms with van der Waals surface area (Å²) in [5.41, 5.74) is 1.69. The fraction of sp³-hybridized carbons (Fsp3) is 0.231. The van der Waals surface area contributed by atoms with Crippen molar-refractivity contribution in [1.29, 1.82) is 0 Å². The van der Waals surface area contributed by atoms with Crippen molar-refractivity contribution in [3.8, 4) is 0 Å². The van der Waals surface area contributed by atoms with Crippen molar-refractivity contribution in [3.63, 3.8) is 0 Å². The van der Waals surface area contributed by atoms with E-state index in [4.69, 9.17) is 0 Å². The van der Waals surface area contributed by atoms with Crippen LogP contribution in [0, 0.1) is 0 Å². The van der Waals surface area contributed by atoms with Gasteiger partial charge >= 0.3 is 0 Å². The molecule has 5 heteroatoms. The third kappa shape index (κ3) is 2.19. The molecule has 0 aliphatic heterocycles. The highest BCUT2D eigenvalue weighted by atomic mass is 32.2. The number of aromatic nitrogens is 1. The van der Waals surface area contributed by atoms with Crippen LogP contribution in [-0.4, -0.2) is 25.2 Å². The monoisotopic (exact) mass is 264 g/mol. The number of hydrogen-bond donors (Lipinski definition) is 1. The van der Waals surface area contributed by atoms with Gasteiger partial charge < -0.3 is 5.32 Å². The highest BCUT2D eigenvalue weighted by Gasteiger charge is 2.16. The van der Waals surface area contributed by atoms with Crippen LogP contribution in [0.5, 0.6) is 0 Å². The van der Waals surface area contributed by atoms with Gasteiger partial charge in [0.15, 0.2) is 0 Å². The number of hydrogen-bond acceptors (Lipinski definition) is 3. The fourth-order valence-corrected chi connectivity index (χ4v) is 3.21. The van der Waals surface area contributed by atoms with Crippen molar-refractivity contribution in [2.45, 2.75) is 6.54 Å². The summed E-state index contributed by atoms with van der Waals surface area (Å²) in [4.78, 5) is 0. The normalized spacial score (nSPS) is 11.8. The quantitative estimate of drug-likeness (QED) is 0.837. The summed E-state index contributed by atoms with van der Waals surface area (Å²) in [6.45, 7) is 4.13. The van der Waals surface area contributed by atoms with E-state index in [-0.39, 0.29) is 5.75 Å². The molecule has 0 amide bonds. The van der Waals surface area contributed by atoms with Crippen LogP contribution in [0.4, 0.5) is 0 Å². The van der Waals surface area contributed by atoms with Gasteiger partial charge in [0.25, 0.3) is 0 Å². The lowest BCUT2D eigenvalue weighted by Gasteiger charge is -2.04. The molecule has 0 aliphatic carbocycles. The van der Waals surface area contributed by atoms with E-state index in [9.17, 15) is 8.42 Å². The Morgan fingerprint density at radius 1 is 1.39 bits per heavy atom. The Bertz CT molecular complexity index is 671. The van der Waals surface area contributed by atoms with Crippen molar-refractivity contribution in [1.82, 2.24) is 9.29 Å². The standard InChI is InChI=1S/C13H16N2O2S/c1-3-8-18(16,17)15-10-11(9-14-2)12-6-4-5-7-13(12)15/h3-7,10,14H,1,8-9H2,2H3. The first-order valence-corrected chi connectivity index (χ1v) is 7.29. The number of fused-ring (bicyclic) bond motifs is 1. The van der Waals surface area contributed by atoms with Crippen molar-refractivity contribution in [2.75, 3.05) is 12.8 Å². The SMILES string of the molecule is C=CCS(=O)(=O)n1cc(CNC)c2ccccc21. The van der Waals surface area contributed by atoms with E-state index < -0.39 is 10.0 Å². The Hall–Kier alpha value is -1.59. The number of nitrogens with zero attached hydrogens (tertiary/aromatic N) is 1. The van der Waals surface area contributed by atoms with Gasteiger partial charge in [0.05, 0.1) is 11.3 Å². The van der Waals surface area contributed by atoms with Crippen LogP contribution in [0.3, 0.4) is 0 Å². The molecule has 1 heterocycles. The fourth-order valence-electron chi connectivity index (χ4n) is 2.01. The van der Waals surface area contributed by atoms with Crippen molar-refractivity contribution in [3.05, 3.63) is 48.7 Å². The van der Waals surface area contributed by atoms with E-state index >= 15 is 0 Å². The molecule has 2 rings (SSSR count). The van der Waals surface area contributed by atoms with E-state index in [2.05, 4.69) is 11.9 Å². The van der Waals surface area contributed by atoms with Gasteiger partial charge in [-0.2, -0.15) is 0 Å². The van der Waals surface area contributed by atoms with E-state index in [1.54, 1.807) is 6.20 Å². The third-order valence-corrected chi connectivity index (χ3v) is 4.31. The molecule has 96 valence electrons.